The van der Waals surface area contributed by atoms with Crippen LogP contribution in [0, 0.1) is 17.8 Å². The zero-order valence-electron chi connectivity index (χ0n) is 34.5. The fourth-order valence-corrected chi connectivity index (χ4v) is 10.7. The fraction of sp³-hybridized carbons (Fsp3) is 0.643. The van der Waals surface area contributed by atoms with Crippen LogP contribution in [0.2, 0.25) is 0 Å². The molecule has 60 heavy (non-hydrogen) atoms. The zero-order valence-corrected chi connectivity index (χ0v) is 35.3. The van der Waals surface area contributed by atoms with Crippen LogP contribution in [-0.4, -0.2) is 105 Å². The summed E-state index contributed by atoms with van der Waals surface area (Å²) in [7, 11) is -4.55. The summed E-state index contributed by atoms with van der Waals surface area (Å²) in [6.45, 7) is 6.97. The van der Waals surface area contributed by atoms with Gasteiger partial charge in [0, 0.05) is 29.3 Å². The molecular formula is C42H54F3N5O9S. The normalized spacial score (nSPS) is 32.1. The number of amides is 4. The molecule has 0 spiro atoms. The number of fused-ring (bicyclic) bond motifs is 5. The average molecular weight is 862 g/mol. The maximum atomic E-state index is 17.8. The number of aromatic nitrogens is 1. The molecule has 3 N–H and O–H groups in total. The summed E-state index contributed by atoms with van der Waals surface area (Å²) in [6.07, 6.45) is 3.84. The Hall–Kier alpha value is -4.61. The van der Waals surface area contributed by atoms with Gasteiger partial charge in [-0.25, -0.2) is 17.6 Å². The van der Waals surface area contributed by atoms with Crippen molar-refractivity contribution in [2.75, 3.05) is 13.3 Å². The van der Waals surface area contributed by atoms with Gasteiger partial charge in [-0.05, 0) is 94.9 Å². The van der Waals surface area contributed by atoms with Gasteiger partial charge >= 0.3 is 12.1 Å². The highest BCUT2D eigenvalue weighted by atomic mass is 32.2. The molecule has 1 aromatic heterocycles. The first-order chi connectivity index (χ1) is 28.3. The first kappa shape index (κ1) is 43.5. The number of rotatable bonds is 9. The Morgan fingerprint density at radius 1 is 1.17 bits per heavy atom. The lowest BCUT2D eigenvalue weighted by Crippen LogP contribution is -2.64. The molecule has 8 atom stereocenters. The second kappa shape index (κ2) is 15.7. The van der Waals surface area contributed by atoms with E-state index in [1.54, 1.807) is 57.2 Å². The molecule has 2 saturated carbocycles. The van der Waals surface area contributed by atoms with Gasteiger partial charge in [0.05, 0.1) is 6.61 Å². The summed E-state index contributed by atoms with van der Waals surface area (Å²) in [5.74, 6) is -5.42. The first-order valence-electron chi connectivity index (χ1n) is 20.8. The van der Waals surface area contributed by atoms with Crippen LogP contribution in [0.5, 0.6) is 11.8 Å². The van der Waals surface area contributed by atoms with Crippen molar-refractivity contribution in [2.24, 2.45) is 17.8 Å². The summed E-state index contributed by atoms with van der Waals surface area (Å²) >= 11 is 0. The summed E-state index contributed by atoms with van der Waals surface area (Å²) < 4.78 is 88.2. The number of aryl methyl sites for hydroxylation is 1. The highest BCUT2D eigenvalue weighted by molar-refractivity contribution is 7.91. The van der Waals surface area contributed by atoms with Gasteiger partial charge in [0.1, 0.15) is 29.0 Å². The van der Waals surface area contributed by atoms with E-state index < -0.39 is 98.8 Å². The van der Waals surface area contributed by atoms with Crippen molar-refractivity contribution in [3.8, 4) is 11.8 Å². The number of hydrogen-bond acceptors (Lipinski definition) is 9. The second-order valence-corrected chi connectivity index (χ2v) is 19.8. The van der Waals surface area contributed by atoms with Crippen LogP contribution in [-0.2, 0) is 30.8 Å². The number of halogens is 3. The number of sulfonamides is 1. The lowest BCUT2D eigenvalue weighted by atomic mass is 9.86. The Balaban J connectivity index is 1.35. The highest BCUT2D eigenvalue weighted by Gasteiger charge is 2.71. The van der Waals surface area contributed by atoms with E-state index in [0.717, 1.165) is 17.4 Å². The molecule has 3 aliphatic heterocycles. The van der Waals surface area contributed by atoms with Crippen LogP contribution >= 0.6 is 0 Å². The zero-order chi connectivity index (χ0) is 43.6. The Labute approximate surface area is 347 Å². The van der Waals surface area contributed by atoms with Crippen LogP contribution in [0.25, 0.3) is 10.8 Å². The fourth-order valence-electron chi connectivity index (χ4n) is 9.28. The maximum absolute atomic E-state index is 17.8. The van der Waals surface area contributed by atoms with E-state index in [4.69, 9.17) is 9.47 Å². The predicted octanol–water partition coefficient (Wildman–Crippen LogP) is 5.87. The topological polar surface area (TPSA) is 185 Å². The smallest absolute Gasteiger partial charge is 0.408 e. The number of hydrogen-bond donors (Lipinski definition) is 3. The molecule has 18 heteroatoms. The van der Waals surface area contributed by atoms with E-state index in [-0.39, 0.29) is 54.7 Å². The molecule has 2 aromatic rings. The SMILES string of the molecule is CCC(C)N(C(=O)O)[C@@H]1C(=O)N2[C@@H](C[C@@](C)(Oc3nc4c(c5ccccc35)CCCO4)C2(F)F)C(=O)N[C@]2(C(=O)NS(=O)(=O)C3(CF)CC3)C[C@H]2/C=C\CC[C@H](C)C[C@H]1C. The molecule has 4 heterocycles. The van der Waals surface area contributed by atoms with Crippen molar-refractivity contribution in [1.29, 1.82) is 0 Å². The molecule has 2 aliphatic carbocycles. The van der Waals surface area contributed by atoms with E-state index in [0.29, 0.717) is 43.1 Å². The number of alkyl halides is 3. The first-order valence-corrected chi connectivity index (χ1v) is 22.3. The predicted molar refractivity (Wildman–Crippen MR) is 213 cm³/mol. The van der Waals surface area contributed by atoms with Gasteiger partial charge < -0.3 is 19.9 Å². The van der Waals surface area contributed by atoms with Gasteiger partial charge in [0.15, 0.2) is 5.60 Å². The summed E-state index contributed by atoms with van der Waals surface area (Å²) in [5.41, 5.74) is -3.86. The number of allylic oxidation sites excluding steroid dienone is 1. The van der Waals surface area contributed by atoms with Crippen molar-refractivity contribution in [3.05, 3.63) is 42.0 Å². The molecule has 3 fully saturated rings. The minimum atomic E-state index is -4.55. The molecule has 14 nitrogen and oxygen atoms in total. The minimum Gasteiger partial charge on any atom is -0.477 e. The average Bonchev–Trinajstić information content (AvgIpc) is 4.12. The standard InChI is InChI=1S/C42H54F3N5O9S/c1-6-26(4)49(38(54)55)32-25(3)20-24(2)12-7-8-13-27-21-41(27,37(53)48-60(56,57)40(23-43)17-18-40)47-33(51)31-22-39(5,42(44,45)50(31)36(32)52)59-35-30-15-10-9-14-28(30)29-16-11-19-58-34(29)46-35/h8-10,13-15,24-27,31-32H,6-7,11-12,16-23H2,1-5H3,(H,47,51)(H,48,53)(H,54,55)/b13-8-/t24-,25+,26?,27+,31-,32-,39+,41+/m0/s1. The Morgan fingerprint density at radius 3 is 2.52 bits per heavy atom. The van der Waals surface area contributed by atoms with Crippen LogP contribution in [0.15, 0.2) is 36.4 Å². The van der Waals surface area contributed by atoms with Gasteiger partial charge in [-0.3, -0.25) is 28.9 Å². The van der Waals surface area contributed by atoms with Crippen LogP contribution in [0.3, 0.4) is 0 Å². The van der Waals surface area contributed by atoms with Crippen LogP contribution in [0.4, 0.5) is 18.0 Å². The molecule has 1 aromatic carbocycles. The van der Waals surface area contributed by atoms with Gasteiger partial charge in [-0.1, -0.05) is 51.1 Å². The van der Waals surface area contributed by atoms with E-state index >= 15 is 13.6 Å². The Bertz CT molecular complexity index is 2200. The van der Waals surface area contributed by atoms with E-state index in [1.165, 1.54) is 0 Å². The van der Waals surface area contributed by atoms with Crippen molar-refractivity contribution in [2.45, 2.75) is 139 Å². The third kappa shape index (κ3) is 7.33. The molecule has 0 radical (unpaired) electrons. The number of carboxylic acid groups (broad SMARTS) is 1. The third-order valence-corrected chi connectivity index (χ3v) is 15.5. The number of pyridine rings is 1. The van der Waals surface area contributed by atoms with Crippen molar-refractivity contribution in [1.82, 2.24) is 24.8 Å². The molecule has 5 aliphatic rings. The highest BCUT2D eigenvalue weighted by Crippen LogP contribution is 2.52. The van der Waals surface area contributed by atoms with E-state index in [1.807, 2.05) is 11.6 Å². The molecule has 4 amide bonds. The molecule has 1 unspecified atom stereocenters. The number of ether oxygens (including phenoxy) is 2. The van der Waals surface area contributed by atoms with E-state index in [9.17, 15) is 32.3 Å². The Kier molecular flexibility index (Phi) is 11.4. The third-order valence-electron chi connectivity index (χ3n) is 13.4. The minimum absolute atomic E-state index is 0.0100. The lowest BCUT2D eigenvalue weighted by molar-refractivity contribution is -0.219. The van der Waals surface area contributed by atoms with E-state index in [2.05, 4.69) is 10.3 Å². The molecular weight excluding hydrogens is 808 g/mol. The Morgan fingerprint density at radius 2 is 1.87 bits per heavy atom. The monoisotopic (exact) mass is 861 g/mol. The number of benzene rings is 1. The summed E-state index contributed by atoms with van der Waals surface area (Å²) in [4.78, 5) is 62.4. The molecule has 328 valence electrons. The summed E-state index contributed by atoms with van der Waals surface area (Å²) in [5, 5.41) is 14.2. The van der Waals surface area contributed by atoms with Gasteiger partial charge in [-0.2, -0.15) is 13.8 Å². The summed E-state index contributed by atoms with van der Waals surface area (Å²) in [6, 6.07) is -1.93. The lowest BCUT2D eigenvalue weighted by Gasteiger charge is -2.42. The number of nitrogens with one attached hydrogen (secondary N) is 2. The molecule has 1 saturated heterocycles. The second-order valence-electron chi connectivity index (χ2n) is 17.7. The quantitative estimate of drug-likeness (QED) is 0.204. The van der Waals surface area contributed by atoms with Crippen molar-refractivity contribution >= 4 is 44.6 Å². The van der Waals surface area contributed by atoms with Gasteiger partial charge in [-0.15, -0.1) is 0 Å². The largest absolute Gasteiger partial charge is 0.477 e. The van der Waals surface area contributed by atoms with Crippen LogP contribution < -0.4 is 19.5 Å². The van der Waals surface area contributed by atoms with Gasteiger partial charge in [0.25, 0.3) is 11.8 Å². The van der Waals surface area contributed by atoms with Crippen LogP contribution in [0.1, 0.15) is 98.0 Å². The van der Waals surface area contributed by atoms with Crippen molar-refractivity contribution < 1.29 is 55.3 Å². The van der Waals surface area contributed by atoms with Crippen molar-refractivity contribution in [3.63, 3.8) is 0 Å². The maximum Gasteiger partial charge on any atom is 0.408 e. The molecule has 0 bridgehead atoms. The number of carbonyl (C=O) groups excluding carboxylic acids is 3. The number of nitrogens with zero attached hydrogens (tertiary/aromatic N) is 3. The molecule has 7 rings (SSSR count). The number of carbonyl (C=O) groups is 4. The van der Waals surface area contributed by atoms with Gasteiger partial charge in [0.2, 0.25) is 27.7 Å².